The Balaban J connectivity index is 2.52. The molecule has 1 aliphatic rings. The van der Waals surface area contributed by atoms with Crippen molar-refractivity contribution in [3.8, 4) is 0 Å². The number of hydrogen-bond acceptors (Lipinski definition) is 1. The van der Waals surface area contributed by atoms with Gasteiger partial charge >= 0.3 is 0 Å². The number of halogens is 1. The Morgan fingerprint density at radius 1 is 1.27 bits per heavy atom. The summed E-state index contributed by atoms with van der Waals surface area (Å²) in [6.07, 6.45) is 8.74. The van der Waals surface area contributed by atoms with Crippen molar-refractivity contribution in [1.29, 1.82) is 0 Å². The third kappa shape index (κ3) is 3.06. The molecular formula is C9H13ClO. The Kier molecular flexibility index (Phi) is 3.64. The first-order chi connectivity index (χ1) is 5.30. The van der Waals surface area contributed by atoms with Crippen molar-refractivity contribution in [2.24, 2.45) is 0 Å². The van der Waals surface area contributed by atoms with Crippen molar-refractivity contribution in [1.82, 2.24) is 0 Å². The summed E-state index contributed by atoms with van der Waals surface area (Å²) in [5.74, 6) is 0. The Bertz CT molecular complexity index is 172. The lowest BCUT2D eigenvalue weighted by molar-refractivity contribution is -0.108. The van der Waals surface area contributed by atoms with Crippen LogP contribution >= 0.6 is 11.6 Å². The number of hydrogen-bond donors (Lipinski definition) is 0. The molecule has 0 amide bonds. The third-order valence-corrected chi connectivity index (χ3v) is 2.29. The van der Waals surface area contributed by atoms with Crippen LogP contribution in [0, 0.1) is 0 Å². The van der Waals surface area contributed by atoms with E-state index < -0.39 is 0 Å². The maximum Gasteiger partial charge on any atom is 0.248 e. The highest BCUT2D eigenvalue weighted by Gasteiger charge is 2.06. The number of allylic oxidation sites excluding steroid dienone is 2. The topological polar surface area (TPSA) is 17.1 Å². The zero-order chi connectivity index (χ0) is 8.10. The number of rotatable bonds is 1. The zero-order valence-electron chi connectivity index (χ0n) is 6.61. The summed E-state index contributed by atoms with van der Waals surface area (Å²) >= 11 is 5.38. The molecule has 1 nitrogen and oxygen atoms in total. The number of carbonyl (C=O) groups excluding carboxylic acids is 1. The van der Waals surface area contributed by atoms with Crippen LogP contribution in [0.25, 0.3) is 0 Å². The van der Waals surface area contributed by atoms with E-state index in [0.717, 1.165) is 24.8 Å². The van der Waals surface area contributed by atoms with Crippen LogP contribution in [-0.4, -0.2) is 5.24 Å². The lowest BCUT2D eigenvalue weighted by Gasteiger charge is -2.06. The monoisotopic (exact) mass is 172 g/mol. The highest BCUT2D eigenvalue weighted by atomic mass is 35.5. The second-order valence-electron chi connectivity index (χ2n) is 2.96. The van der Waals surface area contributed by atoms with Gasteiger partial charge in [0.1, 0.15) is 0 Å². The first-order valence-corrected chi connectivity index (χ1v) is 4.57. The van der Waals surface area contributed by atoms with E-state index in [2.05, 4.69) is 0 Å². The molecule has 0 N–H and O–H groups in total. The Hall–Kier alpha value is -0.300. The van der Waals surface area contributed by atoms with Crippen LogP contribution in [-0.2, 0) is 4.79 Å². The van der Waals surface area contributed by atoms with E-state index in [1.54, 1.807) is 0 Å². The first-order valence-electron chi connectivity index (χ1n) is 4.19. The number of carbonyl (C=O) groups is 1. The smallest absolute Gasteiger partial charge is 0.248 e. The minimum atomic E-state index is -0.257. The van der Waals surface area contributed by atoms with Gasteiger partial charge in [-0.15, -0.1) is 0 Å². The molecule has 0 aromatic heterocycles. The average molecular weight is 173 g/mol. The Labute approximate surface area is 72.4 Å². The van der Waals surface area contributed by atoms with Gasteiger partial charge in [0.05, 0.1) is 0 Å². The molecule has 0 aromatic carbocycles. The molecule has 62 valence electrons. The normalized spacial score (nSPS) is 24.6. The molecule has 0 saturated heterocycles. The van der Waals surface area contributed by atoms with Crippen LogP contribution in [0.5, 0.6) is 0 Å². The Morgan fingerprint density at radius 2 is 2.00 bits per heavy atom. The third-order valence-electron chi connectivity index (χ3n) is 2.04. The summed E-state index contributed by atoms with van der Waals surface area (Å²) in [7, 11) is 0. The fourth-order valence-corrected chi connectivity index (χ4v) is 1.54. The van der Waals surface area contributed by atoms with Crippen molar-refractivity contribution < 1.29 is 4.79 Å². The molecule has 0 aromatic rings. The standard InChI is InChI=1S/C9H13ClO/c10-9(11)8-6-4-2-1-3-5-7-8/h6H,1-5,7H2/b8-6+. The summed E-state index contributed by atoms with van der Waals surface area (Å²) in [5, 5.41) is -0.257. The van der Waals surface area contributed by atoms with Gasteiger partial charge in [-0.2, -0.15) is 0 Å². The molecule has 0 atom stereocenters. The molecule has 0 heterocycles. The molecule has 1 rings (SSSR count). The molecule has 1 aliphatic carbocycles. The van der Waals surface area contributed by atoms with E-state index in [1.165, 1.54) is 19.3 Å². The van der Waals surface area contributed by atoms with E-state index in [-0.39, 0.29) is 5.24 Å². The lowest BCUT2D eigenvalue weighted by Crippen LogP contribution is -1.96. The van der Waals surface area contributed by atoms with E-state index in [9.17, 15) is 4.79 Å². The fourth-order valence-electron chi connectivity index (χ4n) is 1.37. The highest BCUT2D eigenvalue weighted by molar-refractivity contribution is 6.67. The summed E-state index contributed by atoms with van der Waals surface area (Å²) in [6.45, 7) is 0. The minimum Gasteiger partial charge on any atom is -0.276 e. The first kappa shape index (κ1) is 8.79. The van der Waals surface area contributed by atoms with Gasteiger partial charge in [0.15, 0.2) is 0 Å². The van der Waals surface area contributed by atoms with Crippen molar-refractivity contribution in [3.05, 3.63) is 11.6 Å². The van der Waals surface area contributed by atoms with Crippen molar-refractivity contribution in [2.45, 2.75) is 38.5 Å². The van der Waals surface area contributed by atoms with Crippen molar-refractivity contribution in [3.63, 3.8) is 0 Å². The minimum absolute atomic E-state index is 0.257. The highest BCUT2D eigenvalue weighted by Crippen LogP contribution is 2.18. The molecule has 2 heteroatoms. The average Bonchev–Trinajstić information content (AvgIpc) is 1.84. The van der Waals surface area contributed by atoms with Crippen LogP contribution in [0.4, 0.5) is 0 Å². The van der Waals surface area contributed by atoms with Gasteiger partial charge in [-0.25, -0.2) is 0 Å². The maximum absolute atomic E-state index is 10.8. The fraction of sp³-hybridized carbons (Fsp3) is 0.667. The summed E-state index contributed by atoms with van der Waals surface area (Å²) in [5.41, 5.74) is 0.825. The van der Waals surface area contributed by atoms with Gasteiger partial charge in [-0.05, 0) is 37.3 Å². The molecule has 0 fully saturated rings. The largest absolute Gasteiger partial charge is 0.276 e. The van der Waals surface area contributed by atoms with E-state index in [1.807, 2.05) is 6.08 Å². The van der Waals surface area contributed by atoms with Gasteiger partial charge in [0, 0.05) is 5.57 Å². The SMILES string of the molecule is O=C(Cl)/C1=C/CCCCCC1. The van der Waals surface area contributed by atoms with Gasteiger partial charge in [0.2, 0.25) is 5.24 Å². The van der Waals surface area contributed by atoms with E-state index in [0.29, 0.717) is 0 Å². The zero-order valence-corrected chi connectivity index (χ0v) is 7.36. The van der Waals surface area contributed by atoms with E-state index >= 15 is 0 Å². The van der Waals surface area contributed by atoms with Gasteiger partial charge < -0.3 is 0 Å². The lowest BCUT2D eigenvalue weighted by atomic mass is 10.0. The molecule has 0 saturated carbocycles. The van der Waals surface area contributed by atoms with Gasteiger partial charge in [-0.1, -0.05) is 18.9 Å². The quantitative estimate of drug-likeness (QED) is 0.556. The molecule has 0 radical (unpaired) electrons. The van der Waals surface area contributed by atoms with Crippen LogP contribution in [0.3, 0.4) is 0 Å². The van der Waals surface area contributed by atoms with Crippen LogP contribution in [0.1, 0.15) is 38.5 Å². The Morgan fingerprint density at radius 3 is 2.73 bits per heavy atom. The van der Waals surface area contributed by atoms with Crippen LogP contribution in [0.15, 0.2) is 11.6 Å². The van der Waals surface area contributed by atoms with Gasteiger partial charge in [-0.3, -0.25) is 4.79 Å². The molecule has 0 spiro atoms. The summed E-state index contributed by atoms with van der Waals surface area (Å²) < 4.78 is 0. The van der Waals surface area contributed by atoms with Crippen LogP contribution < -0.4 is 0 Å². The van der Waals surface area contributed by atoms with E-state index in [4.69, 9.17) is 11.6 Å². The predicted octanol–water partition coefficient (Wildman–Crippen LogP) is 3.03. The maximum atomic E-state index is 10.8. The van der Waals surface area contributed by atoms with Crippen molar-refractivity contribution >= 4 is 16.8 Å². The molecule has 0 unspecified atom stereocenters. The molecule has 0 bridgehead atoms. The molecule has 11 heavy (non-hydrogen) atoms. The molecule has 0 aliphatic heterocycles. The summed E-state index contributed by atoms with van der Waals surface area (Å²) in [6, 6.07) is 0. The second kappa shape index (κ2) is 4.55. The van der Waals surface area contributed by atoms with Crippen molar-refractivity contribution in [2.75, 3.05) is 0 Å². The van der Waals surface area contributed by atoms with Gasteiger partial charge in [0.25, 0.3) is 0 Å². The van der Waals surface area contributed by atoms with Crippen LogP contribution in [0.2, 0.25) is 0 Å². The summed E-state index contributed by atoms with van der Waals surface area (Å²) in [4.78, 5) is 10.8. The molecular weight excluding hydrogens is 160 g/mol. The second-order valence-corrected chi connectivity index (χ2v) is 3.30. The predicted molar refractivity (Wildman–Crippen MR) is 46.6 cm³/mol.